The zero-order valence-electron chi connectivity index (χ0n) is 17.6. The standard InChI is InChI=1S/C24H19N3O5S/c1-3-12-32-23(29)20-15(2)25-24-26(21(20)17-9-5-4-6-10-17)22(28)19(33-24)14-16-8-7-11-18(13-16)27(30)31/h3-11,13-14,21H,1,12H2,2H3/b19-14-. The smallest absolute Gasteiger partial charge is 0.338 e. The highest BCUT2D eigenvalue weighted by Crippen LogP contribution is 2.30. The molecule has 166 valence electrons. The molecule has 0 bridgehead atoms. The van der Waals surface area contributed by atoms with Crippen molar-refractivity contribution in [2.75, 3.05) is 6.61 Å². The van der Waals surface area contributed by atoms with Crippen molar-refractivity contribution < 1.29 is 14.5 Å². The molecule has 1 atom stereocenters. The van der Waals surface area contributed by atoms with Gasteiger partial charge in [0.2, 0.25) is 0 Å². The lowest BCUT2D eigenvalue weighted by Gasteiger charge is -2.24. The van der Waals surface area contributed by atoms with Gasteiger partial charge in [-0.15, -0.1) is 0 Å². The second-order valence-electron chi connectivity index (χ2n) is 7.23. The molecular weight excluding hydrogens is 442 g/mol. The van der Waals surface area contributed by atoms with Gasteiger partial charge >= 0.3 is 5.97 Å². The van der Waals surface area contributed by atoms with E-state index in [-0.39, 0.29) is 23.4 Å². The molecule has 0 radical (unpaired) electrons. The number of nitrogens with zero attached hydrogens (tertiary/aromatic N) is 3. The van der Waals surface area contributed by atoms with Gasteiger partial charge in [-0.1, -0.05) is 66.5 Å². The maximum atomic E-state index is 13.5. The average molecular weight is 461 g/mol. The summed E-state index contributed by atoms with van der Waals surface area (Å²) in [5, 5.41) is 11.1. The third kappa shape index (κ3) is 4.31. The molecule has 1 unspecified atom stereocenters. The summed E-state index contributed by atoms with van der Waals surface area (Å²) in [6.45, 7) is 5.31. The van der Waals surface area contributed by atoms with Crippen LogP contribution in [0.15, 0.2) is 88.3 Å². The molecular formula is C24H19N3O5S. The number of non-ortho nitro benzene ring substituents is 1. The number of ether oxygens (including phenoxy) is 1. The molecule has 8 nitrogen and oxygen atoms in total. The summed E-state index contributed by atoms with van der Waals surface area (Å²) in [6.07, 6.45) is 3.06. The number of carbonyl (C=O) groups is 1. The highest BCUT2D eigenvalue weighted by molar-refractivity contribution is 7.07. The molecule has 0 amide bonds. The molecule has 3 aromatic rings. The molecule has 0 fully saturated rings. The summed E-state index contributed by atoms with van der Waals surface area (Å²) in [4.78, 5) is 41.9. The number of carbonyl (C=O) groups excluding carboxylic acids is 1. The number of allylic oxidation sites excluding steroid dienone is 1. The van der Waals surface area contributed by atoms with Crippen molar-refractivity contribution in [1.29, 1.82) is 0 Å². The molecule has 1 aliphatic rings. The number of aromatic nitrogens is 1. The zero-order valence-corrected chi connectivity index (χ0v) is 18.5. The van der Waals surface area contributed by atoms with E-state index in [0.29, 0.717) is 20.6 Å². The number of fused-ring (bicyclic) bond motifs is 1. The Kier molecular flexibility index (Phi) is 6.14. The maximum absolute atomic E-state index is 13.5. The van der Waals surface area contributed by atoms with E-state index in [1.165, 1.54) is 22.8 Å². The third-order valence-electron chi connectivity index (χ3n) is 5.07. The van der Waals surface area contributed by atoms with Gasteiger partial charge in [-0.2, -0.15) is 0 Å². The first kappa shape index (κ1) is 22.1. The molecule has 1 aromatic heterocycles. The number of benzene rings is 2. The van der Waals surface area contributed by atoms with Crippen LogP contribution in [0.3, 0.4) is 0 Å². The van der Waals surface area contributed by atoms with Crippen molar-refractivity contribution in [1.82, 2.24) is 4.57 Å². The van der Waals surface area contributed by atoms with Gasteiger partial charge in [0.1, 0.15) is 6.61 Å². The van der Waals surface area contributed by atoms with E-state index in [1.807, 2.05) is 30.3 Å². The van der Waals surface area contributed by atoms with Crippen molar-refractivity contribution in [3.63, 3.8) is 0 Å². The maximum Gasteiger partial charge on any atom is 0.338 e. The Morgan fingerprint density at radius 3 is 2.73 bits per heavy atom. The van der Waals surface area contributed by atoms with Crippen LogP contribution in [-0.4, -0.2) is 22.1 Å². The van der Waals surface area contributed by atoms with E-state index in [0.717, 1.165) is 16.9 Å². The highest BCUT2D eigenvalue weighted by Gasteiger charge is 2.33. The van der Waals surface area contributed by atoms with E-state index in [4.69, 9.17) is 4.74 Å². The topological polar surface area (TPSA) is 104 Å². The molecule has 0 aliphatic carbocycles. The lowest BCUT2D eigenvalue weighted by molar-refractivity contribution is -0.384. The van der Waals surface area contributed by atoms with Gasteiger partial charge in [-0.05, 0) is 24.1 Å². The van der Waals surface area contributed by atoms with Crippen LogP contribution < -0.4 is 14.9 Å². The Bertz CT molecular complexity index is 1470. The van der Waals surface area contributed by atoms with Crippen LogP contribution >= 0.6 is 11.3 Å². The van der Waals surface area contributed by atoms with Gasteiger partial charge in [0, 0.05) is 12.1 Å². The van der Waals surface area contributed by atoms with Gasteiger partial charge in [-0.3, -0.25) is 19.5 Å². The zero-order chi connectivity index (χ0) is 23.5. The Balaban J connectivity index is 1.91. The second kappa shape index (κ2) is 9.17. The van der Waals surface area contributed by atoms with Gasteiger partial charge < -0.3 is 4.74 Å². The fraction of sp³-hybridized carbons (Fsp3) is 0.125. The SMILES string of the molecule is C=CCOC(=O)C1=C(C)N=c2s/c(=C\c3cccc([N+](=O)[O-])c3)c(=O)n2C1c1ccccc1. The van der Waals surface area contributed by atoms with Gasteiger partial charge in [0.25, 0.3) is 11.2 Å². The normalized spacial score (nSPS) is 15.5. The fourth-order valence-corrected chi connectivity index (χ4v) is 4.67. The number of esters is 1. The van der Waals surface area contributed by atoms with Crippen LogP contribution in [0.1, 0.15) is 24.1 Å². The molecule has 1 aliphatic heterocycles. The number of nitro groups is 1. The number of hydrogen-bond acceptors (Lipinski definition) is 7. The second-order valence-corrected chi connectivity index (χ2v) is 8.24. The average Bonchev–Trinajstić information content (AvgIpc) is 3.11. The number of hydrogen-bond donors (Lipinski definition) is 0. The van der Waals surface area contributed by atoms with Crippen molar-refractivity contribution in [2.24, 2.45) is 4.99 Å². The molecule has 2 aromatic carbocycles. The van der Waals surface area contributed by atoms with Crippen molar-refractivity contribution in [3.8, 4) is 0 Å². The summed E-state index contributed by atoms with van der Waals surface area (Å²) in [5.41, 5.74) is 1.58. The molecule has 0 saturated carbocycles. The van der Waals surface area contributed by atoms with Crippen LogP contribution in [-0.2, 0) is 9.53 Å². The lowest BCUT2D eigenvalue weighted by Crippen LogP contribution is -2.39. The quantitative estimate of drug-likeness (QED) is 0.243. The number of rotatable bonds is 6. The fourth-order valence-electron chi connectivity index (χ4n) is 3.63. The van der Waals surface area contributed by atoms with E-state index < -0.39 is 16.9 Å². The predicted molar refractivity (Wildman–Crippen MR) is 124 cm³/mol. The van der Waals surface area contributed by atoms with Crippen LogP contribution in [0.25, 0.3) is 6.08 Å². The summed E-state index contributed by atoms with van der Waals surface area (Å²) < 4.78 is 7.11. The first-order valence-electron chi connectivity index (χ1n) is 10.0. The van der Waals surface area contributed by atoms with Crippen LogP contribution in [0, 0.1) is 10.1 Å². The van der Waals surface area contributed by atoms with Crippen molar-refractivity contribution in [2.45, 2.75) is 13.0 Å². The van der Waals surface area contributed by atoms with E-state index in [1.54, 1.807) is 25.1 Å². The summed E-state index contributed by atoms with van der Waals surface area (Å²) in [6, 6.07) is 14.5. The van der Waals surface area contributed by atoms with Crippen molar-refractivity contribution >= 4 is 29.1 Å². The molecule has 33 heavy (non-hydrogen) atoms. The Morgan fingerprint density at radius 2 is 2.03 bits per heavy atom. The van der Waals surface area contributed by atoms with Crippen LogP contribution in [0.5, 0.6) is 0 Å². The van der Waals surface area contributed by atoms with Gasteiger partial charge in [0.15, 0.2) is 4.80 Å². The van der Waals surface area contributed by atoms with Crippen molar-refractivity contribution in [3.05, 3.63) is 119 Å². The number of nitro benzene ring substituents is 1. The molecule has 0 saturated heterocycles. The first-order chi connectivity index (χ1) is 15.9. The van der Waals surface area contributed by atoms with E-state index in [2.05, 4.69) is 11.6 Å². The van der Waals surface area contributed by atoms with Gasteiger partial charge in [0.05, 0.1) is 26.8 Å². The minimum absolute atomic E-state index is 0.0360. The van der Waals surface area contributed by atoms with Crippen LogP contribution in [0.4, 0.5) is 5.69 Å². The predicted octanol–water partition coefficient (Wildman–Crippen LogP) is 2.87. The van der Waals surface area contributed by atoms with E-state index in [9.17, 15) is 19.7 Å². The molecule has 0 N–H and O–H groups in total. The summed E-state index contributed by atoms with van der Waals surface area (Å²) >= 11 is 1.16. The Labute approximate surface area is 192 Å². The van der Waals surface area contributed by atoms with Gasteiger partial charge in [-0.25, -0.2) is 9.79 Å². The van der Waals surface area contributed by atoms with E-state index >= 15 is 0 Å². The lowest BCUT2D eigenvalue weighted by atomic mass is 9.96. The molecule has 2 heterocycles. The Morgan fingerprint density at radius 1 is 1.27 bits per heavy atom. The molecule has 9 heteroatoms. The molecule has 4 rings (SSSR count). The minimum Gasteiger partial charge on any atom is -0.458 e. The Hall–Kier alpha value is -4.11. The first-order valence-corrected chi connectivity index (χ1v) is 10.8. The minimum atomic E-state index is -0.716. The largest absolute Gasteiger partial charge is 0.458 e. The summed E-state index contributed by atoms with van der Waals surface area (Å²) in [7, 11) is 0. The third-order valence-corrected chi connectivity index (χ3v) is 6.05. The molecule has 0 spiro atoms. The number of thiazole rings is 1. The van der Waals surface area contributed by atoms with Crippen LogP contribution in [0.2, 0.25) is 0 Å². The summed E-state index contributed by atoms with van der Waals surface area (Å²) in [5.74, 6) is -0.571. The highest BCUT2D eigenvalue weighted by atomic mass is 32.1. The monoisotopic (exact) mass is 461 g/mol.